The molecule has 0 spiro atoms. The molecule has 0 aliphatic heterocycles. The Balaban J connectivity index is 1.90. The number of hydrogen-bond acceptors (Lipinski definition) is 5. The van der Waals surface area contributed by atoms with Crippen LogP contribution >= 0.6 is 11.3 Å². The Morgan fingerprint density at radius 1 is 1.38 bits per heavy atom. The van der Waals surface area contributed by atoms with Gasteiger partial charge in [0.1, 0.15) is 10.6 Å². The summed E-state index contributed by atoms with van der Waals surface area (Å²) in [5.41, 5.74) is 0. The van der Waals surface area contributed by atoms with E-state index in [1.165, 1.54) is 24.2 Å². The zero-order chi connectivity index (χ0) is 11.0. The first-order valence-electron chi connectivity index (χ1n) is 5.45. The lowest BCUT2D eigenvalue weighted by atomic mass is 10.1. The van der Waals surface area contributed by atoms with Crippen molar-refractivity contribution in [3.05, 3.63) is 17.3 Å². The number of hydrogen-bond donors (Lipinski definition) is 1. The van der Waals surface area contributed by atoms with E-state index in [1.807, 2.05) is 5.38 Å². The smallest absolute Gasteiger partial charge is 0.271 e. The van der Waals surface area contributed by atoms with Crippen LogP contribution in [-0.2, 0) is 0 Å². The topological polar surface area (TPSA) is 59.2 Å². The minimum absolute atomic E-state index is 0.214. The molecule has 2 aromatic heterocycles. The highest BCUT2D eigenvalue weighted by atomic mass is 32.1. The van der Waals surface area contributed by atoms with Crippen LogP contribution in [0, 0.1) is 0 Å². The van der Waals surface area contributed by atoms with E-state index >= 15 is 0 Å². The van der Waals surface area contributed by atoms with E-state index in [0.717, 1.165) is 18.7 Å². The van der Waals surface area contributed by atoms with Crippen molar-refractivity contribution >= 4 is 11.3 Å². The molecule has 0 radical (unpaired) electrons. The van der Waals surface area contributed by atoms with E-state index in [9.17, 15) is 5.11 Å². The maximum atomic E-state index is 9.56. The third-order valence-corrected chi connectivity index (χ3v) is 3.89. The van der Waals surface area contributed by atoms with Crippen LogP contribution in [0.5, 0.6) is 5.75 Å². The Morgan fingerprint density at radius 2 is 2.19 bits per heavy atom. The summed E-state index contributed by atoms with van der Waals surface area (Å²) in [5, 5.41) is 15.4. The van der Waals surface area contributed by atoms with E-state index in [1.54, 1.807) is 6.07 Å². The van der Waals surface area contributed by atoms with Crippen LogP contribution in [0.4, 0.5) is 0 Å². The van der Waals surface area contributed by atoms with Gasteiger partial charge >= 0.3 is 0 Å². The molecule has 0 amide bonds. The molecule has 0 aromatic carbocycles. The molecule has 0 bridgehead atoms. The van der Waals surface area contributed by atoms with E-state index in [0.29, 0.717) is 16.7 Å². The Labute approximate surface area is 96.9 Å². The van der Waals surface area contributed by atoms with Crippen molar-refractivity contribution < 1.29 is 9.63 Å². The van der Waals surface area contributed by atoms with Gasteiger partial charge in [-0.3, -0.25) is 0 Å². The van der Waals surface area contributed by atoms with Crippen LogP contribution in [-0.4, -0.2) is 15.2 Å². The van der Waals surface area contributed by atoms with Crippen LogP contribution in [0.3, 0.4) is 0 Å². The molecular weight excluding hydrogens is 224 g/mol. The average Bonchev–Trinajstić information content (AvgIpc) is 2.96. The molecule has 4 nitrogen and oxygen atoms in total. The van der Waals surface area contributed by atoms with Crippen molar-refractivity contribution in [2.45, 2.75) is 31.6 Å². The summed E-state index contributed by atoms with van der Waals surface area (Å²) in [6.07, 6.45) is 4.79. The third-order valence-electron chi connectivity index (χ3n) is 3.00. The summed E-state index contributed by atoms with van der Waals surface area (Å²) in [5.74, 6) is 1.89. The average molecular weight is 236 g/mol. The fourth-order valence-corrected chi connectivity index (χ4v) is 2.85. The minimum atomic E-state index is 0.214. The molecule has 3 rings (SSSR count). The molecule has 2 aromatic rings. The molecule has 1 N–H and O–H groups in total. The molecule has 0 unspecified atom stereocenters. The lowest BCUT2D eigenvalue weighted by Crippen LogP contribution is -1.94. The number of thiophene rings is 1. The quantitative estimate of drug-likeness (QED) is 0.870. The molecule has 0 atom stereocenters. The second-order valence-corrected chi connectivity index (χ2v) is 4.99. The highest BCUT2D eigenvalue weighted by Gasteiger charge is 2.23. The highest BCUT2D eigenvalue weighted by Crippen LogP contribution is 2.36. The molecule has 1 fully saturated rings. The van der Waals surface area contributed by atoms with Gasteiger partial charge in [-0.05, 0) is 24.3 Å². The number of aromatic hydroxyl groups is 1. The number of aromatic nitrogens is 2. The van der Waals surface area contributed by atoms with Gasteiger partial charge in [-0.2, -0.15) is 4.98 Å². The lowest BCUT2D eigenvalue weighted by Gasteiger charge is -1.99. The van der Waals surface area contributed by atoms with Crippen molar-refractivity contribution in [2.75, 3.05) is 0 Å². The second-order valence-electron chi connectivity index (χ2n) is 4.07. The first-order valence-corrected chi connectivity index (χ1v) is 6.33. The normalized spacial score (nSPS) is 17.0. The number of rotatable bonds is 2. The Bertz CT molecular complexity index is 486. The molecule has 1 saturated carbocycles. The van der Waals surface area contributed by atoms with Gasteiger partial charge in [0.15, 0.2) is 5.82 Å². The second kappa shape index (κ2) is 3.90. The molecule has 0 saturated heterocycles. The lowest BCUT2D eigenvalue weighted by molar-refractivity contribution is 0.413. The SMILES string of the molecule is Oc1ccsc1-c1nc(C2CCCC2)no1. The monoisotopic (exact) mass is 236 g/mol. The van der Waals surface area contributed by atoms with Gasteiger partial charge in [0.25, 0.3) is 5.89 Å². The first kappa shape index (κ1) is 9.84. The van der Waals surface area contributed by atoms with E-state index in [4.69, 9.17) is 4.52 Å². The first-order chi connectivity index (χ1) is 7.84. The van der Waals surface area contributed by atoms with Crippen molar-refractivity contribution in [3.8, 4) is 16.5 Å². The standard InChI is InChI=1S/C11H12N2O2S/c14-8-5-6-16-9(8)11-12-10(13-15-11)7-3-1-2-4-7/h5-7,14H,1-4H2. The summed E-state index contributed by atoms with van der Waals surface area (Å²) in [4.78, 5) is 5.03. The van der Waals surface area contributed by atoms with Gasteiger partial charge in [0.2, 0.25) is 0 Å². The van der Waals surface area contributed by atoms with Crippen molar-refractivity contribution in [3.63, 3.8) is 0 Å². The molecule has 5 heteroatoms. The fraction of sp³-hybridized carbons (Fsp3) is 0.455. The molecular formula is C11H12N2O2S. The third kappa shape index (κ3) is 1.61. The van der Waals surface area contributed by atoms with Gasteiger partial charge in [0.05, 0.1) is 0 Å². The minimum Gasteiger partial charge on any atom is -0.506 e. The summed E-state index contributed by atoms with van der Waals surface area (Å²) in [7, 11) is 0. The van der Waals surface area contributed by atoms with Crippen molar-refractivity contribution in [1.29, 1.82) is 0 Å². The molecule has 16 heavy (non-hydrogen) atoms. The van der Waals surface area contributed by atoms with Gasteiger partial charge in [-0.15, -0.1) is 11.3 Å². The predicted molar refractivity (Wildman–Crippen MR) is 60.5 cm³/mol. The Hall–Kier alpha value is -1.36. The van der Waals surface area contributed by atoms with Crippen molar-refractivity contribution in [2.24, 2.45) is 0 Å². The number of nitrogens with zero attached hydrogens (tertiary/aromatic N) is 2. The van der Waals surface area contributed by atoms with Crippen LogP contribution in [0.1, 0.15) is 37.4 Å². The predicted octanol–water partition coefficient (Wildman–Crippen LogP) is 3.16. The van der Waals surface area contributed by atoms with Crippen LogP contribution in [0.25, 0.3) is 10.8 Å². The maximum absolute atomic E-state index is 9.56. The summed E-state index contributed by atoms with van der Waals surface area (Å²) in [6, 6.07) is 1.64. The van der Waals surface area contributed by atoms with E-state index < -0.39 is 0 Å². The van der Waals surface area contributed by atoms with Gasteiger partial charge in [-0.1, -0.05) is 18.0 Å². The molecule has 2 heterocycles. The van der Waals surface area contributed by atoms with Crippen LogP contribution < -0.4 is 0 Å². The van der Waals surface area contributed by atoms with E-state index in [2.05, 4.69) is 10.1 Å². The van der Waals surface area contributed by atoms with Crippen LogP contribution in [0.2, 0.25) is 0 Å². The zero-order valence-corrected chi connectivity index (χ0v) is 9.54. The summed E-state index contributed by atoms with van der Waals surface area (Å²) in [6.45, 7) is 0. The molecule has 1 aliphatic carbocycles. The highest BCUT2D eigenvalue weighted by molar-refractivity contribution is 7.13. The van der Waals surface area contributed by atoms with Gasteiger partial charge in [0, 0.05) is 5.92 Å². The van der Waals surface area contributed by atoms with Crippen molar-refractivity contribution in [1.82, 2.24) is 10.1 Å². The Morgan fingerprint density at radius 3 is 2.88 bits per heavy atom. The van der Waals surface area contributed by atoms with Crippen LogP contribution in [0.15, 0.2) is 16.0 Å². The fourth-order valence-electron chi connectivity index (χ4n) is 2.14. The zero-order valence-electron chi connectivity index (χ0n) is 8.72. The largest absolute Gasteiger partial charge is 0.506 e. The van der Waals surface area contributed by atoms with E-state index in [-0.39, 0.29) is 5.75 Å². The molecule has 1 aliphatic rings. The van der Waals surface area contributed by atoms with Gasteiger partial charge < -0.3 is 9.63 Å². The van der Waals surface area contributed by atoms with Gasteiger partial charge in [-0.25, -0.2) is 0 Å². The summed E-state index contributed by atoms with van der Waals surface area (Å²) < 4.78 is 5.19. The Kier molecular flexibility index (Phi) is 2.40. The maximum Gasteiger partial charge on any atom is 0.271 e. The molecule has 84 valence electrons. The summed E-state index contributed by atoms with van der Waals surface area (Å²) >= 11 is 1.41.